The van der Waals surface area contributed by atoms with Crippen LogP contribution in [0.25, 0.3) is 0 Å². The first-order chi connectivity index (χ1) is 19.7. The van der Waals surface area contributed by atoms with Crippen LogP contribution in [0.2, 0.25) is 0 Å². The van der Waals surface area contributed by atoms with Crippen molar-refractivity contribution in [2.24, 2.45) is 5.92 Å². The predicted molar refractivity (Wildman–Crippen MR) is 149 cm³/mol. The minimum absolute atomic E-state index is 0.149. The van der Waals surface area contributed by atoms with E-state index in [1.54, 1.807) is 24.3 Å². The van der Waals surface area contributed by atoms with Gasteiger partial charge in [-0.15, -0.1) is 0 Å². The molecule has 0 spiro atoms. The van der Waals surface area contributed by atoms with Gasteiger partial charge in [-0.1, -0.05) is 70.1 Å². The normalized spacial score (nSPS) is 19.6. The van der Waals surface area contributed by atoms with E-state index in [1.807, 2.05) is 18.2 Å². The van der Waals surface area contributed by atoms with Crippen LogP contribution in [0.3, 0.4) is 0 Å². The second-order valence-electron chi connectivity index (χ2n) is 11.7. The fourth-order valence-corrected chi connectivity index (χ4v) is 5.93. The van der Waals surface area contributed by atoms with Crippen LogP contribution in [-0.2, 0) is 10.2 Å². The standard InChI is InChI=1S/C32H41F5O5/c1-30(23-13-15-24(38)16-14-23)21-42-28-20-25(39)17-18-26(28)27(30)12-8-6-4-2-3-5-7-10-22(29(40)41)11-9-19-31(33,34)32(35,36)37/h13-18,20,22,27,38-39H,2-12,19,21H2,1H3,(H,40,41)/t22?,27-,30-/m1/s1. The van der Waals surface area contributed by atoms with Crippen molar-refractivity contribution in [2.45, 2.75) is 107 Å². The summed E-state index contributed by atoms with van der Waals surface area (Å²) in [5, 5.41) is 29.0. The largest absolute Gasteiger partial charge is 0.508 e. The van der Waals surface area contributed by atoms with Gasteiger partial charge in [0.05, 0.1) is 12.5 Å². The molecule has 1 aliphatic rings. The number of phenols is 2. The molecule has 0 amide bonds. The molecule has 0 aromatic heterocycles. The van der Waals surface area contributed by atoms with Crippen LogP contribution < -0.4 is 4.74 Å². The summed E-state index contributed by atoms with van der Waals surface area (Å²) in [6.45, 7) is 2.60. The molecule has 0 radical (unpaired) electrons. The van der Waals surface area contributed by atoms with E-state index in [1.165, 1.54) is 0 Å². The molecule has 0 saturated heterocycles. The highest BCUT2D eigenvalue weighted by molar-refractivity contribution is 5.69. The topological polar surface area (TPSA) is 87.0 Å². The summed E-state index contributed by atoms with van der Waals surface area (Å²) >= 11 is 0. The minimum Gasteiger partial charge on any atom is -0.508 e. The Labute approximate surface area is 243 Å². The number of ether oxygens (including phenoxy) is 1. The average molecular weight is 601 g/mol. The number of phenolic OH excluding ortho intramolecular Hbond substituents is 2. The zero-order valence-electron chi connectivity index (χ0n) is 23.9. The fraction of sp³-hybridized carbons (Fsp3) is 0.594. The van der Waals surface area contributed by atoms with Crippen molar-refractivity contribution in [1.82, 2.24) is 0 Å². The summed E-state index contributed by atoms with van der Waals surface area (Å²) in [7, 11) is 0. The monoisotopic (exact) mass is 600 g/mol. The lowest BCUT2D eigenvalue weighted by atomic mass is 9.66. The van der Waals surface area contributed by atoms with Gasteiger partial charge in [0.2, 0.25) is 0 Å². The Kier molecular flexibility index (Phi) is 11.5. The van der Waals surface area contributed by atoms with Gasteiger partial charge in [0.15, 0.2) is 0 Å². The van der Waals surface area contributed by atoms with Crippen molar-refractivity contribution >= 4 is 5.97 Å². The first-order valence-corrected chi connectivity index (χ1v) is 14.7. The van der Waals surface area contributed by atoms with Crippen LogP contribution in [-0.4, -0.2) is 40.0 Å². The van der Waals surface area contributed by atoms with Gasteiger partial charge in [-0.3, -0.25) is 4.79 Å². The number of alkyl halides is 5. The smallest absolute Gasteiger partial charge is 0.453 e. The lowest BCUT2D eigenvalue weighted by molar-refractivity contribution is -0.284. The third kappa shape index (κ3) is 8.74. The number of carboxylic acid groups (broad SMARTS) is 1. The zero-order chi connectivity index (χ0) is 31.0. The lowest BCUT2D eigenvalue weighted by Crippen LogP contribution is -2.40. The highest BCUT2D eigenvalue weighted by atomic mass is 19.4. The SMILES string of the molecule is C[C@]1(c2ccc(O)cc2)COc2cc(O)ccc2[C@H]1CCCCCCCCCC(CCCC(F)(F)C(F)(F)F)C(=O)O. The number of carboxylic acids is 1. The maximum atomic E-state index is 13.1. The molecule has 0 fully saturated rings. The molecule has 234 valence electrons. The van der Waals surface area contributed by atoms with Gasteiger partial charge in [-0.2, -0.15) is 22.0 Å². The van der Waals surface area contributed by atoms with E-state index in [-0.39, 0.29) is 35.7 Å². The molecular formula is C32H41F5O5. The van der Waals surface area contributed by atoms with Gasteiger partial charge in [0.1, 0.15) is 17.2 Å². The summed E-state index contributed by atoms with van der Waals surface area (Å²) in [6.07, 6.45) is -0.331. The van der Waals surface area contributed by atoms with Gasteiger partial charge in [0.25, 0.3) is 0 Å². The quantitative estimate of drug-likeness (QED) is 0.132. The van der Waals surface area contributed by atoms with Crippen molar-refractivity contribution < 1.29 is 46.8 Å². The molecule has 1 heterocycles. The Balaban J connectivity index is 1.41. The Morgan fingerprint density at radius 3 is 2.07 bits per heavy atom. The van der Waals surface area contributed by atoms with Crippen LogP contribution in [0.15, 0.2) is 42.5 Å². The van der Waals surface area contributed by atoms with Gasteiger partial charge in [-0.05, 0) is 55.0 Å². The highest BCUT2D eigenvalue weighted by Gasteiger charge is 2.56. The fourth-order valence-electron chi connectivity index (χ4n) is 5.93. The van der Waals surface area contributed by atoms with E-state index in [0.717, 1.165) is 56.1 Å². The maximum Gasteiger partial charge on any atom is 0.453 e. The van der Waals surface area contributed by atoms with Gasteiger partial charge < -0.3 is 20.1 Å². The number of rotatable bonds is 16. The average Bonchev–Trinajstić information content (AvgIpc) is 2.91. The predicted octanol–water partition coefficient (Wildman–Crippen LogP) is 9.11. The van der Waals surface area contributed by atoms with E-state index < -0.39 is 36.8 Å². The van der Waals surface area contributed by atoms with Crippen LogP contribution in [0.5, 0.6) is 17.2 Å². The van der Waals surface area contributed by atoms with Crippen LogP contribution in [0.1, 0.15) is 101 Å². The van der Waals surface area contributed by atoms with Gasteiger partial charge in [-0.25, -0.2) is 0 Å². The van der Waals surface area contributed by atoms with Crippen LogP contribution in [0.4, 0.5) is 22.0 Å². The van der Waals surface area contributed by atoms with E-state index in [2.05, 4.69) is 6.92 Å². The number of hydrogen-bond acceptors (Lipinski definition) is 4. The number of aromatic hydroxyl groups is 2. The Hall–Kier alpha value is -3.04. The van der Waals surface area contributed by atoms with E-state index in [9.17, 15) is 42.1 Å². The first-order valence-electron chi connectivity index (χ1n) is 14.7. The minimum atomic E-state index is -5.61. The molecule has 0 aliphatic carbocycles. The molecule has 0 bridgehead atoms. The third-order valence-electron chi connectivity index (χ3n) is 8.55. The van der Waals surface area contributed by atoms with E-state index in [4.69, 9.17) is 4.74 Å². The van der Waals surface area contributed by atoms with Crippen molar-refractivity contribution in [2.75, 3.05) is 6.61 Å². The molecule has 3 rings (SSSR count). The molecule has 1 aliphatic heterocycles. The Bertz CT molecular complexity index is 1150. The molecule has 1 unspecified atom stereocenters. The van der Waals surface area contributed by atoms with E-state index in [0.29, 0.717) is 18.8 Å². The van der Waals surface area contributed by atoms with Crippen molar-refractivity contribution in [3.05, 3.63) is 53.6 Å². The summed E-state index contributed by atoms with van der Waals surface area (Å²) in [5.74, 6) is -5.68. The number of unbranched alkanes of at least 4 members (excludes halogenated alkanes) is 6. The summed E-state index contributed by atoms with van der Waals surface area (Å²) in [4.78, 5) is 11.4. The second-order valence-corrected chi connectivity index (χ2v) is 11.7. The molecule has 3 atom stereocenters. The number of hydrogen-bond donors (Lipinski definition) is 3. The summed E-state index contributed by atoms with van der Waals surface area (Å²) in [5.41, 5.74) is 1.79. The van der Waals surface area contributed by atoms with Crippen molar-refractivity contribution in [1.29, 1.82) is 0 Å². The van der Waals surface area contributed by atoms with Crippen molar-refractivity contribution in [3.63, 3.8) is 0 Å². The highest BCUT2D eigenvalue weighted by Crippen LogP contribution is 2.50. The first kappa shape index (κ1) is 33.5. The summed E-state index contributed by atoms with van der Waals surface area (Å²) < 4.78 is 69.2. The number of fused-ring (bicyclic) bond motifs is 1. The van der Waals surface area contributed by atoms with Gasteiger partial charge >= 0.3 is 18.1 Å². The molecule has 2 aromatic rings. The number of carbonyl (C=O) groups is 1. The second kappa shape index (κ2) is 14.4. The van der Waals surface area contributed by atoms with Crippen LogP contribution >= 0.6 is 0 Å². The zero-order valence-corrected chi connectivity index (χ0v) is 23.9. The molecular weight excluding hydrogens is 559 g/mol. The molecule has 42 heavy (non-hydrogen) atoms. The van der Waals surface area contributed by atoms with Crippen LogP contribution in [0, 0.1) is 5.92 Å². The number of aliphatic carboxylic acids is 1. The molecule has 0 saturated carbocycles. The molecule has 5 nitrogen and oxygen atoms in total. The Morgan fingerprint density at radius 2 is 1.45 bits per heavy atom. The number of benzene rings is 2. The molecule has 2 aromatic carbocycles. The Morgan fingerprint density at radius 1 is 0.881 bits per heavy atom. The summed E-state index contributed by atoms with van der Waals surface area (Å²) in [6, 6.07) is 12.4. The van der Waals surface area contributed by atoms with Crippen molar-refractivity contribution in [3.8, 4) is 17.2 Å². The lowest BCUT2D eigenvalue weighted by Gasteiger charge is -2.43. The number of halogens is 5. The molecule has 3 N–H and O–H groups in total. The maximum absolute atomic E-state index is 13.1. The molecule has 10 heteroatoms. The third-order valence-corrected chi connectivity index (χ3v) is 8.55. The van der Waals surface area contributed by atoms with E-state index >= 15 is 0 Å². The van der Waals surface area contributed by atoms with Gasteiger partial charge in [0, 0.05) is 23.8 Å².